The van der Waals surface area contributed by atoms with Crippen molar-refractivity contribution in [3.63, 3.8) is 0 Å². The van der Waals surface area contributed by atoms with E-state index >= 15 is 0 Å². The predicted octanol–water partition coefficient (Wildman–Crippen LogP) is 2.69. The van der Waals surface area contributed by atoms with Crippen LogP contribution in [0.4, 0.5) is 11.4 Å². The minimum absolute atomic E-state index is 0.0229. The smallest absolute Gasteiger partial charge is 0.280 e. The van der Waals surface area contributed by atoms with Gasteiger partial charge < -0.3 is 24.0 Å². The number of para-hydroxylation sites is 2. The molecule has 2 heterocycles. The number of piperazine rings is 1. The summed E-state index contributed by atoms with van der Waals surface area (Å²) >= 11 is 0. The van der Waals surface area contributed by atoms with E-state index < -0.39 is 4.92 Å². The van der Waals surface area contributed by atoms with Gasteiger partial charge in [-0.15, -0.1) is 0 Å². The molecule has 9 heteroatoms. The Morgan fingerprint density at radius 2 is 1.83 bits per heavy atom. The topological polar surface area (TPSA) is 94.4 Å². The van der Waals surface area contributed by atoms with Crippen molar-refractivity contribution in [3.8, 4) is 17.2 Å². The van der Waals surface area contributed by atoms with Crippen LogP contribution in [0.2, 0.25) is 0 Å². The van der Waals surface area contributed by atoms with Gasteiger partial charge in [0.15, 0.2) is 11.5 Å². The summed E-state index contributed by atoms with van der Waals surface area (Å²) < 4.78 is 15.9. The van der Waals surface area contributed by atoms with E-state index in [-0.39, 0.29) is 18.4 Å². The largest absolute Gasteiger partial charge is 0.495 e. The summed E-state index contributed by atoms with van der Waals surface area (Å²) in [7, 11) is 1.64. The van der Waals surface area contributed by atoms with Gasteiger partial charge in [0, 0.05) is 32.3 Å². The van der Waals surface area contributed by atoms with Gasteiger partial charge in [-0.25, -0.2) is 0 Å². The summed E-state index contributed by atoms with van der Waals surface area (Å²) in [5, 5.41) is 11.4. The number of benzene rings is 2. The molecule has 0 N–H and O–H groups in total. The van der Waals surface area contributed by atoms with E-state index in [0.717, 1.165) is 11.4 Å². The Kier molecular flexibility index (Phi) is 5.42. The molecule has 1 fully saturated rings. The highest BCUT2D eigenvalue weighted by atomic mass is 16.7. The zero-order valence-corrected chi connectivity index (χ0v) is 16.4. The Morgan fingerprint density at radius 1 is 1.13 bits per heavy atom. The maximum absolute atomic E-state index is 12.6. The first-order valence-electron chi connectivity index (χ1n) is 9.50. The minimum Gasteiger partial charge on any atom is -0.495 e. The molecule has 1 saturated heterocycles. The summed E-state index contributed by atoms with van der Waals surface area (Å²) in [4.78, 5) is 27.4. The quantitative estimate of drug-likeness (QED) is 0.424. The zero-order valence-electron chi connectivity index (χ0n) is 16.4. The molecule has 2 aliphatic rings. The van der Waals surface area contributed by atoms with E-state index in [9.17, 15) is 14.9 Å². The molecule has 2 aliphatic heterocycles. The number of anilines is 1. The third kappa shape index (κ3) is 3.86. The fraction of sp³-hybridized carbons (Fsp3) is 0.286. The van der Waals surface area contributed by atoms with Gasteiger partial charge >= 0.3 is 0 Å². The molecule has 0 unspecified atom stereocenters. The fourth-order valence-corrected chi connectivity index (χ4v) is 3.56. The zero-order chi connectivity index (χ0) is 21.1. The summed E-state index contributed by atoms with van der Waals surface area (Å²) in [5.74, 6) is 1.37. The third-order valence-corrected chi connectivity index (χ3v) is 5.14. The minimum atomic E-state index is -0.502. The number of nitro benzene ring substituents is 1. The van der Waals surface area contributed by atoms with E-state index in [1.54, 1.807) is 12.0 Å². The Hall–Kier alpha value is -3.75. The maximum atomic E-state index is 12.6. The number of rotatable bonds is 5. The van der Waals surface area contributed by atoms with Crippen molar-refractivity contribution >= 4 is 23.4 Å². The van der Waals surface area contributed by atoms with E-state index in [1.165, 1.54) is 24.3 Å². The molecule has 0 aliphatic carbocycles. The summed E-state index contributed by atoms with van der Waals surface area (Å²) in [6.45, 7) is 2.46. The molecule has 0 spiro atoms. The number of nitro groups is 1. The van der Waals surface area contributed by atoms with E-state index in [0.29, 0.717) is 43.2 Å². The van der Waals surface area contributed by atoms with Crippen molar-refractivity contribution < 1.29 is 23.9 Å². The lowest BCUT2D eigenvalue weighted by Gasteiger charge is -2.36. The van der Waals surface area contributed by atoms with Crippen molar-refractivity contribution in [2.75, 3.05) is 45.0 Å². The van der Waals surface area contributed by atoms with Gasteiger partial charge in [-0.05, 0) is 24.3 Å². The molecular formula is C21H21N3O6. The predicted molar refractivity (Wildman–Crippen MR) is 110 cm³/mol. The Labute approximate surface area is 173 Å². The van der Waals surface area contributed by atoms with Crippen LogP contribution in [-0.4, -0.2) is 55.8 Å². The second kappa shape index (κ2) is 8.32. The number of nitrogens with zero attached hydrogens (tertiary/aromatic N) is 3. The highest BCUT2D eigenvalue weighted by Gasteiger charge is 2.24. The van der Waals surface area contributed by atoms with Crippen molar-refractivity contribution in [3.05, 3.63) is 58.2 Å². The van der Waals surface area contributed by atoms with Crippen molar-refractivity contribution in [1.82, 2.24) is 4.90 Å². The number of hydrogen-bond acceptors (Lipinski definition) is 7. The first kappa shape index (κ1) is 19.6. The van der Waals surface area contributed by atoms with Crippen LogP contribution in [0.3, 0.4) is 0 Å². The molecule has 0 bridgehead atoms. The lowest BCUT2D eigenvalue weighted by atomic mass is 10.1. The fourth-order valence-electron chi connectivity index (χ4n) is 3.56. The molecule has 30 heavy (non-hydrogen) atoms. The van der Waals surface area contributed by atoms with Crippen LogP contribution in [0.15, 0.2) is 42.5 Å². The van der Waals surface area contributed by atoms with Crippen LogP contribution in [0.5, 0.6) is 17.2 Å². The Balaban J connectivity index is 1.43. The number of fused-ring (bicyclic) bond motifs is 1. The van der Waals surface area contributed by atoms with Gasteiger partial charge in [-0.1, -0.05) is 12.1 Å². The number of methoxy groups -OCH3 is 1. The van der Waals surface area contributed by atoms with Crippen molar-refractivity contribution in [2.45, 2.75) is 0 Å². The number of ether oxygens (including phenoxy) is 3. The summed E-state index contributed by atoms with van der Waals surface area (Å²) in [6.07, 6.45) is 2.82. The average Bonchev–Trinajstić information content (AvgIpc) is 3.24. The van der Waals surface area contributed by atoms with Gasteiger partial charge in [-0.2, -0.15) is 0 Å². The molecule has 4 rings (SSSR count). The van der Waals surface area contributed by atoms with E-state index in [2.05, 4.69) is 4.90 Å². The maximum Gasteiger partial charge on any atom is 0.280 e. The number of carbonyl (C=O) groups excluding carboxylic acids is 1. The van der Waals surface area contributed by atoms with Gasteiger partial charge in [0.25, 0.3) is 5.69 Å². The van der Waals surface area contributed by atoms with E-state index in [4.69, 9.17) is 14.2 Å². The van der Waals surface area contributed by atoms with Crippen molar-refractivity contribution in [1.29, 1.82) is 0 Å². The molecule has 9 nitrogen and oxygen atoms in total. The molecule has 0 saturated carbocycles. The second-order valence-corrected chi connectivity index (χ2v) is 6.84. The SMILES string of the molecule is COc1ccccc1N1CCN(C(=O)/C=C/c2cc3c(cc2[N+](=O)[O-])OCO3)CC1. The molecule has 1 amide bonds. The molecule has 0 atom stereocenters. The Bertz CT molecular complexity index is 998. The van der Waals surface area contributed by atoms with Crippen LogP contribution in [0.1, 0.15) is 5.56 Å². The molecule has 2 aromatic rings. The van der Waals surface area contributed by atoms with Crippen LogP contribution < -0.4 is 19.1 Å². The van der Waals surface area contributed by atoms with Crippen molar-refractivity contribution in [2.24, 2.45) is 0 Å². The molecule has 2 aromatic carbocycles. The van der Waals surface area contributed by atoms with Gasteiger partial charge in [0.1, 0.15) is 5.75 Å². The third-order valence-electron chi connectivity index (χ3n) is 5.14. The highest BCUT2D eigenvalue weighted by molar-refractivity contribution is 5.92. The normalized spacial score (nSPS) is 15.5. The molecular weight excluding hydrogens is 390 g/mol. The summed E-state index contributed by atoms with van der Waals surface area (Å²) in [5.41, 5.74) is 1.16. The average molecular weight is 411 g/mol. The lowest BCUT2D eigenvalue weighted by molar-refractivity contribution is -0.385. The monoisotopic (exact) mass is 411 g/mol. The number of hydrogen-bond donors (Lipinski definition) is 0. The number of carbonyl (C=O) groups is 1. The first-order chi connectivity index (χ1) is 14.6. The summed E-state index contributed by atoms with van der Waals surface area (Å²) in [6, 6.07) is 10.6. The molecule has 156 valence electrons. The van der Waals surface area contributed by atoms with Gasteiger partial charge in [0.2, 0.25) is 12.7 Å². The Morgan fingerprint density at radius 3 is 2.53 bits per heavy atom. The van der Waals surface area contributed by atoms with Gasteiger partial charge in [-0.3, -0.25) is 14.9 Å². The standard InChI is InChI=1S/C21H21N3O6/c1-28-18-5-3-2-4-16(18)22-8-10-23(11-9-22)21(25)7-6-15-12-19-20(30-14-29-19)13-17(15)24(26)27/h2-7,12-13H,8-11,14H2,1H3/b7-6+. The van der Waals surface area contributed by atoms with Crippen LogP contribution in [0.25, 0.3) is 6.08 Å². The van der Waals surface area contributed by atoms with Crippen LogP contribution >= 0.6 is 0 Å². The van der Waals surface area contributed by atoms with E-state index in [1.807, 2.05) is 24.3 Å². The van der Waals surface area contributed by atoms with Gasteiger partial charge in [0.05, 0.1) is 29.4 Å². The number of amides is 1. The van der Waals surface area contributed by atoms with Crippen LogP contribution in [0, 0.1) is 10.1 Å². The molecule has 0 radical (unpaired) electrons. The first-order valence-corrected chi connectivity index (χ1v) is 9.50. The second-order valence-electron chi connectivity index (χ2n) is 6.84. The highest BCUT2D eigenvalue weighted by Crippen LogP contribution is 2.38. The lowest BCUT2D eigenvalue weighted by Crippen LogP contribution is -2.48. The molecule has 0 aromatic heterocycles. The van der Waals surface area contributed by atoms with Crippen LogP contribution in [-0.2, 0) is 4.79 Å².